The molecule has 0 aliphatic rings. The maximum Gasteiger partial charge on any atom is 0.261 e. The number of aromatic nitrogens is 1. The molecule has 0 atom stereocenters. The van der Waals surface area contributed by atoms with Crippen molar-refractivity contribution in [3.05, 3.63) is 77.5 Å². The molecule has 34 heavy (non-hydrogen) atoms. The Kier molecular flexibility index (Phi) is 8.48. The first kappa shape index (κ1) is 24.2. The molecule has 0 aliphatic carbocycles. The zero-order valence-corrected chi connectivity index (χ0v) is 19.1. The van der Waals surface area contributed by atoms with E-state index in [4.69, 9.17) is 14.7 Å². The van der Waals surface area contributed by atoms with Crippen molar-refractivity contribution in [1.82, 2.24) is 10.3 Å². The van der Waals surface area contributed by atoms with Gasteiger partial charge in [-0.25, -0.2) is 0 Å². The first-order chi connectivity index (χ1) is 16.6. The predicted molar refractivity (Wildman–Crippen MR) is 131 cm³/mol. The van der Waals surface area contributed by atoms with E-state index in [2.05, 4.69) is 16.9 Å². The fourth-order valence-electron chi connectivity index (χ4n) is 3.66. The van der Waals surface area contributed by atoms with E-state index in [0.29, 0.717) is 43.1 Å². The van der Waals surface area contributed by atoms with Gasteiger partial charge in [0.1, 0.15) is 17.7 Å². The number of carbonyl (C=O) groups excluding carboxylic acids is 1. The molecule has 0 saturated heterocycles. The average Bonchev–Trinajstić information content (AvgIpc) is 3.25. The lowest BCUT2D eigenvalue weighted by molar-refractivity contribution is -0.117. The van der Waals surface area contributed by atoms with Gasteiger partial charge in [0.15, 0.2) is 18.1 Å². The van der Waals surface area contributed by atoms with Crippen LogP contribution >= 0.6 is 0 Å². The van der Waals surface area contributed by atoms with E-state index in [0.717, 1.165) is 22.0 Å². The number of benzene rings is 2. The highest BCUT2D eigenvalue weighted by atomic mass is 16.5. The van der Waals surface area contributed by atoms with Crippen LogP contribution in [-0.2, 0) is 17.6 Å². The van der Waals surface area contributed by atoms with Crippen LogP contribution in [-0.4, -0.2) is 30.6 Å². The van der Waals surface area contributed by atoms with Crippen LogP contribution in [0.1, 0.15) is 23.6 Å². The van der Waals surface area contributed by atoms with Crippen LogP contribution in [0.5, 0.6) is 11.5 Å². The molecule has 0 radical (unpaired) electrons. The normalized spacial score (nSPS) is 10.9. The molecule has 0 aliphatic heterocycles. The molecule has 7 heteroatoms. The van der Waals surface area contributed by atoms with E-state index in [1.54, 1.807) is 18.2 Å². The fourth-order valence-corrected chi connectivity index (χ4v) is 3.66. The quantitative estimate of drug-likeness (QED) is 0.252. The lowest BCUT2D eigenvalue weighted by Gasteiger charge is -2.15. The molecule has 3 rings (SSSR count). The van der Waals surface area contributed by atoms with Gasteiger partial charge < -0.3 is 19.8 Å². The van der Waals surface area contributed by atoms with Gasteiger partial charge in [-0.15, -0.1) is 6.58 Å². The smallest absolute Gasteiger partial charge is 0.261 e. The lowest BCUT2D eigenvalue weighted by Crippen LogP contribution is -2.26. The summed E-state index contributed by atoms with van der Waals surface area (Å²) in [4.78, 5) is 15.9. The van der Waals surface area contributed by atoms with Gasteiger partial charge in [-0.1, -0.05) is 24.3 Å². The van der Waals surface area contributed by atoms with Crippen LogP contribution in [0, 0.1) is 22.7 Å². The fraction of sp³-hybridized carbons (Fsp3) is 0.222. The van der Waals surface area contributed by atoms with Crippen molar-refractivity contribution in [2.24, 2.45) is 0 Å². The van der Waals surface area contributed by atoms with Gasteiger partial charge >= 0.3 is 0 Å². The van der Waals surface area contributed by atoms with Gasteiger partial charge in [-0.2, -0.15) is 10.5 Å². The maximum absolute atomic E-state index is 12.7. The van der Waals surface area contributed by atoms with E-state index < -0.39 is 5.91 Å². The van der Waals surface area contributed by atoms with Crippen molar-refractivity contribution in [2.75, 3.05) is 19.8 Å². The van der Waals surface area contributed by atoms with Crippen molar-refractivity contribution in [2.45, 2.75) is 19.8 Å². The van der Waals surface area contributed by atoms with Gasteiger partial charge in [-0.05, 0) is 55.2 Å². The number of nitrogens with one attached hydrogen (secondary N) is 2. The first-order valence-electron chi connectivity index (χ1n) is 11.0. The highest BCUT2D eigenvalue weighted by molar-refractivity contribution is 6.01. The molecule has 2 N–H and O–H groups in total. The summed E-state index contributed by atoms with van der Waals surface area (Å²) in [5, 5.41) is 22.4. The summed E-state index contributed by atoms with van der Waals surface area (Å²) in [6.45, 7) is 6.27. The minimum Gasteiger partial charge on any atom is -0.490 e. The number of para-hydroxylation sites is 1. The average molecular weight is 455 g/mol. The van der Waals surface area contributed by atoms with Crippen molar-refractivity contribution in [3.8, 4) is 23.6 Å². The Labute approximate surface area is 198 Å². The number of rotatable bonds is 11. The summed E-state index contributed by atoms with van der Waals surface area (Å²) < 4.78 is 11.3. The number of fused-ring (bicyclic) bond motifs is 1. The van der Waals surface area contributed by atoms with E-state index in [1.165, 1.54) is 6.08 Å². The minimum atomic E-state index is -0.449. The Morgan fingerprint density at radius 3 is 2.76 bits per heavy atom. The van der Waals surface area contributed by atoms with Crippen molar-refractivity contribution >= 4 is 22.9 Å². The zero-order valence-electron chi connectivity index (χ0n) is 19.1. The number of nitrogens with zero attached hydrogens (tertiary/aromatic N) is 2. The third-order valence-corrected chi connectivity index (χ3v) is 5.13. The first-order valence-corrected chi connectivity index (χ1v) is 11.0. The van der Waals surface area contributed by atoms with Crippen molar-refractivity contribution < 1.29 is 14.3 Å². The molecule has 1 heterocycles. The summed E-state index contributed by atoms with van der Waals surface area (Å²) in [6, 6.07) is 15.4. The largest absolute Gasteiger partial charge is 0.490 e. The highest BCUT2D eigenvalue weighted by Gasteiger charge is 2.15. The summed E-state index contributed by atoms with van der Waals surface area (Å²) in [6.07, 6.45) is 6.27. The summed E-state index contributed by atoms with van der Waals surface area (Å²) >= 11 is 0. The van der Waals surface area contributed by atoms with Crippen LogP contribution in [0.15, 0.2) is 60.8 Å². The predicted octanol–water partition coefficient (Wildman–Crippen LogP) is 4.46. The molecular weight excluding hydrogens is 428 g/mol. The molecule has 0 saturated carbocycles. The third kappa shape index (κ3) is 5.85. The number of hydrogen-bond acceptors (Lipinski definition) is 5. The Hall–Kier alpha value is -4.49. The molecular formula is C27H26N4O3. The highest BCUT2D eigenvalue weighted by Crippen LogP contribution is 2.34. The van der Waals surface area contributed by atoms with Crippen LogP contribution < -0.4 is 14.8 Å². The number of carbonyl (C=O) groups is 1. The molecule has 7 nitrogen and oxygen atoms in total. The van der Waals surface area contributed by atoms with Crippen LogP contribution in [0.25, 0.3) is 17.0 Å². The molecule has 3 aromatic rings. The van der Waals surface area contributed by atoms with E-state index in [-0.39, 0.29) is 12.2 Å². The number of amides is 1. The maximum atomic E-state index is 12.7. The van der Waals surface area contributed by atoms with Crippen LogP contribution in [0.3, 0.4) is 0 Å². The number of allylic oxidation sites excluding steroid dienone is 1. The number of aromatic amines is 1. The van der Waals surface area contributed by atoms with Gasteiger partial charge in [0, 0.05) is 29.2 Å². The van der Waals surface area contributed by atoms with E-state index >= 15 is 0 Å². The molecule has 0 bridgehead atoms. The van der Waals surface area contributed by atoms with Gasteiger partial charge in [0.2, 0.25) is 0 Å². The Balaban J connectivity index is 1.78. The summed E-state index contributed by atoms with van der Waals surface area (Å²) in [7, 11) is 0. The second kappa shape index (κ2) is 11.9. The van der Waals surface area contributed by atoms with Crippen LogP contribution in [0.2, 0.25) is 0 Å². The molecule has 172 valence electrons. The molecule has 1 aromatic heterocycles. The molecule has 0 unspecified atom stereocenters. The summed E-state index contributed by atoms with van der Waals surface area (Å²) in [5.74, 6) is 0.456. The Morgan fingerprint density at radius 1 is 1.21 bits per heavy atom. The standard InChI is InChI=1S/C27H26N4O3/c1-3-7-20-14-19(16-25(33-4-2)26(20)34-13-11-28)15-22(17-29)27(32)30-12-10-21-18-31-24-9-6-5-8-23(21)24/h3,5-6,8-9,14-16,18,31H,1,4,7,10,12-13H2,2H3,(H,30,32)/b22-15-. The second-order valence-corrected chi connectivity index (χ2v) is 7.42. The molecule has 0 spiro atoms. The number of hydrogen-bond donors (Lipinski definition) is 2. The monoisotopic (exact) mass is 454 g/mol. The van der Waals surface area contributed by atoms with E-state index in [9.17, 15) is 10.1 Å². The van der Waals surface area contributed by atoms with Crippen molar-refractivity contribution in [1.29, 1.82) is 10.5 Å². The van der Waals surface area contributed by atoms with Gasteiger partial charge in [0.25, 0.3) is 5.91 Å². The van der Waals surface area contributed by atoms with Crippen molar-refractivity contribution in [3.63, 3.8) is 0 Å². The van der Waals surface area contributed by atoms with Gasteiger partial charge in [0.05, 0.1) is 6.61 Å². The van der Waals surface area contributed by atoms with Crippen LogP contribution in [0.4, 0.5) is 0 Å². The molecule has 1 amide bonds. The molecule has 0 fully saturated rings. The lowest BCUT2D eigenvalue weighted by atomic mass is 10.0. The number of ether oxygens (including phenoxy) is 2. The van der Waals surface area contributed by atoms with Gasteiger partial charge in [-0.3, -0.25) is 4.79 Å². The SMILES string of the molecule is C=CCc1cc(/C=C(/C#N)C(=O)NCCc2c[nH]c3ccccc23)cc(OCC)c1OCC#N. The second-order valence-electron chi connectivity index (χ2n) is 7.42. The Morgan fingerprint density at radius 2 is 2.03 bits per heavy atom. The summed E-state index contributed by atoms with van der Waals surface area (Å²) in [5.41, 5.74) is 3.50. The molecule has 2 aromatic carbocycles. The zero-order chi connectivity index (χ0) is 24.3. The van der Waals surface area contributed by atoms with E-state index in [1.807, 2.05) is 49.5 Å². The number of H-pyrrole nitrogens is 1. The minimum absolute atomic E-state index is 0.0170. The third-order valence-electron chi connectivity index (χ3n) is 5.13. The Bertz CT molecular complexity index is 1290. The topological polar surface area (TPSA) is 111 Å². The number of nitriles is 2.